The Kier molecular flexibility index (Phi) is 8.59. The van der Waals surface area contributed by atoms with E-state index in [9.17, 15) is 12.8 Å². The van der Waals surface area contributed by atoms with Gasteiger partial charge in [0.25, 0.3) is 0 Å². The van der Waals surface area contributed by atoms with Gasteiger partial charge in [0.15, 0.2) is 0 Å². The Hall–Kier alpha value is -3.15. The number of hydrogen-bond donors (Lipinski definition) is 3. The molecule has 38 heavy (non-hydrogen) atoms. The molecule has 1 aliphatic rings. The maximum atomic E-state index is 14.9. The van der Waals surface area contributed by atoms with Crippen LogP contribution in [0.1, 0.15) is 19.4 Å². The van der Waals surface area contributed by atoms with Crippen molar-refractivity contribution in [3.05, 3.63) is 59.0 Å². The molecule has 1 fully saturated rings. The van der Waals surface area contributed by atoms with Gasteiger partial charge in [-0.25, -0.2) is 17.8 Å². The van der Waals surface area contributed by atoms with Crippen molar-refractivity contribution < 1.29 is 12.8 Å². The van der Waals surface area contributed by atoms with Crippen LogP contribution in [0.3, 0.4) is 0 Å². The first-order chi connectivity index (χ1) is 18.0. The second-order valence-corrected chi connectivity index (χ2v) is 12.1. The number of aryl methyl sites for hydroxylation is 1. The van der Waals surface area contributed by atoms with E-state index in [4.69, 9.17) is 11.6 Å². The van der Waals surface area contributed by atoms with Gasteiger partial charge in [-0.1, -0.05) is 25.4 Å². The predicted octanol–water partition coefficient (Wildman–Crippen LogP) is 5.21. The normalized spacial score (nSPS) is 14.6. The third-order valence-electron chi connectivity index (χ3n) is 6.07. The highest BCUT2D eigenvalue weighted by Gasteiger charge is 2.18. The monoisotopic (exact) mass is 561 g/mol. The van der Waals surface area contributed by atoms with Crippen LogP contribution < -0.4 is 20.3 Å². The summed E-state index contributed by atoms with van der Waals surface area (Å²) in [6.45, 7) is 8.86. The molecule has 0 atom stereocenters. The highest BCUT2D eigenvalue weighted by molar-refractivity contribution is 7.92. The Labute approximate surface area is 228 Å². The summed E-state index contributed by atoms with van der Waals surface area (Å²) in [6, 6.07) is 9.97. The van der Waals surface area contributed by atoms with E-state index >= 15 is 0 Å². The first-order valence-corrected chi connectivity index (χ1v) is 14.4. The summed E-state index contributed by atoms with van der Waals surface area (Å²) in [5.74, 6) is 0.446. The van der Waals surface area contributed by atoms with Gasteiger partial charge in [0.1, 0.15) is 11.6 Å². The molecule has 0 unspecified atom stereocenters. The van der Waals surface area contributed by atoms with E-state index in [2.05, 4.69) is 37.3 Å². The summed E-state index contributed by atoms with van der Waals surface area (Å²) in [7, 11) is -1.48. The molecule has 204 valence electrons. The van der Waals surface area contributed by atoms with Crippen molar-refractivity contribution >= 4 is 56.1 Å². The fraction of sp³-hybridized carbons (Fsp3) is 0.385. The molecule has 3 N–H and O–H groups in total. The lowest BCUT2D eigenvalue weighted by molar-refractivity contribution is 0.311. The van der Waals surface area contributed by atoms with Gasteiger partial charge in [0.05, 0.1) is 22.2 Å². The molecule has 0 amide bonds. The molecule has 4 rings (SSSR count). The molecule has 9 nitrogen and oxygen atoms in total. The van der Waals surface area contributed by atoms with E-state index < -0.39 is 10.0 Å². The van der Waals surface area contributed by atoms with E-state index in [-0.39, 0.29) is 34.1 Å². The number of benzene rings is 2. The Morgan fingerprint density at radius 2 is 1.74 bits per heavy atom. The van der Waals surface area contributed by atoms with Crippen LogP contribution >= 0.6 is 11.6 Å². The summed E-state index contributed by atoms with van der Waals surface area (Å²) in [6.07, 6.45) is 1.65. The van der Waals surface area contributed by atoms with Crippen LogP contribution in [-0.2, 0) is 10.0 Å². The third-order valence-corrected chi connectivity index (χ3v) is 8.03. The van der Waals surface area contributed by atoms with Gasteiger partial charge in [0, 0.05) is 49.3 Å². The number of rotatable bonds is 9. The fourth-order valence-corrected chi connectivity index (χ4v) is 5.80. The first-order valence-electron chi connectivity index (χ1n) is 12.4. The molecule has 0 saturated carbocycles. The summed E-state index contributed by atoms with van der Waals surface area (Å²) in [5, 5.41) is 6.54. The van der Waals surface area contributed by atoms with Crippen LogP contribution in [0.4, 0.5) is 38.9 Å². The van der Waals surface area contributed by atoms with E-state index in [0.717, 1.165) is 31.7 Å². The number of nitrogens with zero attached hydrogens (tertiary/aromatic N) is 4. The van der Waals surface area contributed by atoms with Gasteiger partial charge < -0.3 is 20.4 Å². The number of anilines is 6. The molecule has 2 heterocycles. The topological polar surface area (TPSA) is 102 Å². The molecular weight excluding hydrogens is 529 g/mol. The van der Waals surface area contributed by atoms with Crippen molar-refractivity contribution in [2.45, 2.75) is 20.8 Å². The van der Waals surface area contributed by atoms with Crippen LogP contribution in [0.2, 0.25) is 5.02 Å². The van der Waals surface area contributed by atoms with Gasteiger partial charge in [-0.2, -0.15) is 4.98 Å². The second-order valence-electron chi connectivity index (χ2n) is 9.90. The molecule has 0 spiro atoms. The van der Waals surface area contributed by atoms with Gasteiger partial charge in [-0.15, -0.1) is 0 Å². The Balaban J connectivity index is 1.49. The Bertz CT molecular complexity index is 1400. The zero-order chi connectivity index (χ0) is 27.4. The minimum absolute atomic E-state index is 0.0159. The summed E-state index contributed by atoms with van der Waals surface area (Å²) in [4.78, 5) is 13.1. The first kappa shape index (κ1) is 27.9. The molecule has 0 radical (unpaired) electrons. The standard InChI is InChI=1S/C26H33ClFN7O2S/c1-17(2)16-38(36,37)33-23-14-20(5-7-21(23)27)30-25-18(3)15-29-26(32-25)31-19-6-8-24(22(28)13-19)35-11-9-34(4)10-12-35/h5-8,13-15,17,33H,9-12,16H2,1-4H3,(H2,29,30,31,32). The van der Waals surface area contributed by atoms with Crippen molar-refractivity contribution in [1.82, 2.24) is 14.9 Å². The van der Waals surface area contributed by atoms with Gasteiger partial charge >= 0.3 is 0 Å². The van der Waals surface area contributed by atoms with Crippen molar-refractivity contribution in [3.8, 4) is 0 Å². The van der Waals surface area contributed by atoms with Crippen molar-refractivity contribution in [2.75, 3.05) is 59.2 Å². The lowest BCUT2D eigenvalue weighted by Gasteiger charge is -2.34. The molecule has 1 saturated heterocycles. The maximum Gasteiger partial charge on any atom is 0.233 e. The fourth-order valence-electron chi connectivity index (χ4n) is 4.11. The molecule has 0 aliphatic carbocycles. The highest BCUT2D eigenvalue weighted by Crippen LogP contribution is 2.30. The number of piperazine rings is 1. The van der Waals surface area contributed by atoms with Gasteiger partial charge in [0.2, 0.25) is 16.0 Å². The minimum atomic E-state index is -3.55. The number of hydrogen-bond acceptors (Lipinski definition) is 8. The summed E-state index contributed by atoms with van der Waals surface area (Å²) in [5.41, 5.74) is 2.75. The molecule has 1 aliphatic heterocycles. The average molecular weight is 562 g/mol. The number of aromatic nitrogens is 2. The number of likely N-dealkylation sites (N-methyl/N-ethyl adjacent to an activating group) is 1. The third kappa shape index (κ3) is 7.24. The Morgan fingerprint density at radius 1 is 1.05 bits per heavy atom. The van der Waals surface area contributed by atoms with Gasteiger partial charge in [-0.05, 0) is 56.3 Å². The Morgan fingerprint density at radius 3 is 2.42 bits per heavy atom. The lowest BCUT2D eigenvalue weighted by Crippen LogP contribution is -2.44. The molecular formula is C26H33ClFN7O2S. The minimum Gasteiger partial charge on any atom is -0.367 e. The van der Waals surface area contributed by atoms with Crippen LogP contribution in [0, 0.1) is 18.7 Å². The van der Waals surface area contributed by atoms with Crippen molar-refractivity contribution in [2.24, 2.45) is 5.92 Å². The number of halogens is 2. The van der Waals surface area contributed by atoms with Gasteiger partial charge in [-0.3, -0.25) is 4.72 Å². The largest absolute Gasteiger partial charge is 0.367 e. The SMILES string of the molecule is Cc1cnc(Nc2ccc(N3CCN(C)CC3)c(F)c2)nc1Nc1ccc(Cl)c(NS(=O)(=O)CC(C)C)c1. The van der Waals surface area contributed by atoms with E-state index in [1.54, 1.807) is 30.5 Å². The highest BCUT2D eigenvalue weighted by atomic mass is 35.5. The molecule has 12 heteroatoms. The van der Waals surface area contributed by atoms with Crippen molar-refractivity contribution in [1.29, 1.82) is 0 Å². The van der Waals surface area contributed by atoms with E-state index in [0.29, 0.717) is 22.9 Å². The molecule has 3 aromatic rings. The number of sulfonamides is 1. The zero-order valence-corrected chi connectivity index (χ0v) is 23.5. The zero-order valence-electron chi connectivity index (χ0n) is 21.9. The summed E-state index contributed by atoms with van der Waals surface area (Å²) >= 11 is 6.24. The van der Waals surface area contributed by atoms with E-state index in [1.165, 1.54) is 6.07 Å². The molecule has 0 bridgehead atoms. The summed E-state index contributed by atoms with van der Waals surface area (Å²) < 4.78 is 42.3. The smallest absolute Gasteiger partial charge is 0.233 e. The van der Waals surface area contributed by atoms with Crippen LogP contribution in [0.5, 0.6) is 0 Å². The average Bonchev–Trinajstić information content (AvgIpc) is 2.83. The van der Waals surface area contributed by atoms with Crippen LogP contribution in [0.15, 0.2) is 42.6 Å². The maximum absolute atomic E-state index is 14.9. The quantitative estimate of drug-likeness (QED) is 0.327. The second kappa shape index (κ2) is 11.7. The number of nitrogens with one attached hydrogen (secondary N) is 3. The molecule has 2 aromatic carbocycles. The lowest BCUT2D eigenvalue weighted by atomic mass is 10.2. The van der Waals surface area contributed by atoms with E-state index in [1.807, 2.05) is 31.7 Å². The van der Waals surface area contributed by atoms with Crippen molar-refractivity contribution in [3.63, 3.8) is 0 Å². The molecule has 1 aromatic heterocycles. The van der Waals surface area contributed by atoms with Crippen LogP contribution in [0.25, 0.3) is 0 Å². The van der Waals surface area contributed by atoms with Crippen LogP contribution in [-0.4, -0.2) is 62.3 Å². The predicted molar refractivity (Wildman–Crippen MR) is 153 cm³/mol.